The fourth-order valence-corrected chi connectivity index (χ4v) is 3.00. The van der Waals surface area contributed by atoms with Gasteiger partial charge in [0.15, 0.2) is 0 Å². The van der Waals surface area contributed by atoms with Crippen molar-refractivity contribution in [3.8, 4) is 6.07 Å². The van der Waals surface area contributed by atoms with Crippen LogP contribution in [0, 0.1) is 23.0 Å². The predicted molar refractivity (Wildman–Crippen MR) is 73.3 cm³/mol. The molecule has 0 unspecified atom stereocenters. The van der Waals surface area contributed by atoms with Crippen LogP contribution in [0.5, 0.6) is 0 Å². The minimum Gasteiger partial charge on any atom is -0.277 e. The largest absolute Gasteiger partial charge is 0.277 e. The molecular formula is C13H7ClF2N2O2S. The Morgan fingerprint density at radius 2 is 1.86 bits per heavy atom. The number of nitrogens with one attached hydrogen (secondary N) is 1. The van der Waals surface area contributed by atoms with Crippen molar-refractivity contribution in [2.24, 2.45) is 0 Å². The lowest BCUT2D eigenvalue weighted by molar-refractivity contribution is 0.592. The van der Waals surface area contributed by atoms with E-state index in [1.54, 1.807) is 0 Å². The lowest BCUT2D eigenvalue weighted by Gasteiger charge is -2.10. The summed E-state index contributed by atoms with van der Waals surface area (Å²) in [6.45, 7) is 0. The van der Waals surface area contributed by atoms with Crippen molar-refractivity contribution >= 4 is 27.3 Å². The number of hydrogen-bond donors (Lipinski definition) is 1. The summed E-state index contributed by atoms with van der Waals surface area (Å²) in [6, 6.07) is 7.97. The number of anilines is 1. The van der Waals surface area contributed by atoms with E-state index in [-0.39, 0.29) is 10.7 Å². The molecule has 2 aromatic carbocycles. The maximum Gasteiger partial charge on any atom is 0.263 e. The highest BCUT2D eigenvalue weighted by molar-refractivity contribution is 7.92. The van der Waals surface area contributed by atoms with Crippen LogP contribution in [0.1, 0.15) is 5.56 Å². The third kappa shape index (κ3) is 3.12. The second-order valence-electron chi connectivity index (χ2n) is 3.95. The van der Waals surface area contributed by atoms with Gasteiger partial charge in [0.05, 0.1) is 5.69 Å². The quantitative estimate of drug-likeness (QED) is 0.939. The standard InChI is InChI=1S/C13H7ClF2N2O2S/c14-8-4-5-12(11(16)6-8)18-21(19,20)13-3-1-2-10(15)9(13)7-17/h1-6,18H. The molecule has 0 radical (unpaired) electrons. The van der Waals surface area contributed by atoms with Crippen molar-refractivity contribution in [2.45, 2.75) is 4.90 Å². The molecule has 108 valence electrons. The second-order valence-corrected chi connectivity index (χ2v) is 6.04. The molecule has 0 aliphatic rings. The lowest BCUT2D eigenvalue weighted by atomic mass is 10.2. The molecular weight excluding hydrogens is 322 g/mol. The minimum absolute atomic E-state index is 0.0962. The van der Waals surface area contributed by atoms with Gasteiger partial charge >= 0.3 is 0 Å². The molecule has 0 saturated carbocycles. The maximum atomic E-state index is 13.6. The molecule has 0 heterocycles. The molecule has 0 saturated heterocycles. The van der Waals surface area contributed by atoms with Gasteiger partial charge in [-0.05, 0) is 30.3 Å². The molecule has 1 N–H and O–H groups in total. The molecule has 0 bridgehead atoms. The summed E-state index contributed by atoms with van der Waals surface area (Å²) in [5, 5.41) is 8.94. The average molecular weight is 329 g/mol. The molecule has 0 aliphatic carbocycles. The molecule has 4 nitrogen and oxygen atoms in total. The lowest BCUT2D eigenvalue weighted by Crippen LogP contribution is -2.16. The van der Waals surface area contributed by atoms with Gasteiger partial charge in [0.1, 0.15) is 28.2 Å². The van der Waals surface area contributed by atoms with Gasteiger partial charge in [-0.2, -0.15) is 5.26 Å². The van der Waals surface area contributed by atoms with Gasteiger partial charge in [0.2, 0.25) is 0 Å². The van der Waals surface area contributed by atoms with Crippen LogP contribution in [-0.4, -0.2) is 8.42 Å². The Morgan fingerprint density at radius 3 is 2.48 bits per heavy atom. The van der Waals surface area contributed by atoms with Gasteiger partial charge in [-0.1, -0.05) is 17.7 Å². The first-order valence-electron chi connectivity index (χ1n) is 5.51. The highest BCUT2D eigenvalue weighted by Crippen LogP contribution is 2.24. The third-order valence-corrected chi connectivity index (χ3v) is 4.20. The highest BCUT2D eigenvalue weighted by Gasteiger charge is 2.22. The molecule has 21 heavy (non-hydrogen) atoms. The molecule has 8 heteroatoms. The van der Waals surface area contributed by atoms with E-state index in [1.165, 1.54) is 12.1 Å². The normalized spacial score (nSPS) is 11.0. The average Bonchev–Trinajstić information content (AvgIpc) is 2.41. The Kier molecular flexibility index (Phi) is 4.11. The fraction of sp³-hybridized carbons (Fsp3) is 0. The Bertz CT molecular complexity index is 848. The van der Waals surface area contributed by atoms with Gasteiger partial charge in [-0.25, -0.2) is 17.2 Å². The van der Waals surface area contributed by atoms with Crippen LogP contribution in [0.25, 0.3) is 0 Å². The summed E-state index contributed by atoms with van der Waals surface area (Å²) in [5.74, 6) is -1.86. The van der Waals surface area contributed by atoms with Crippen LogP contribution in [0.4, 0.5) is 14.5 Å². The van der Waals surface area contributed by atoms with E-state index in [2.05, 4.69) is 0 Å². The first-order valence-corrected chi connectivity index (χ1v) is 7.38. The Morgan fingerprint density at radius 1 is 1.14 bits per heavy atom. The zero-order chi connectivity index (χ0) is 15.6. The van der Waals surface area contributed by atoms with E-state index < -0.39 is 32.1 Å². The van der Waals surface area contributed by atoms with Gasteiger partial charge in [-0.15, -0.1) is 0 Å². The molecule has 0 spiro atoms. The second kappa shape index (κ2) is 5.68. The van der Waals surface area contributed by atoms with Crippen LogP contribution >= 0.6 is 11.6 Å². The number of halogens is 3. The van der Waals surface area contributed by atoms with E-state index in [1.807, 2.05) is 4.72 Å². The van der Waals surface area contributed by atoms with Crippen LogP contribution in [0.15, 0.2) is 41.3 Å². The van der Waals surface area contributed by atoms with Gasteiger partial charge < -0.3 is 0 Å². The van der Waals surface area contributed by atoms with Crippen molar-refractivity contribution in [2.75, 3.05) is 4.72 Å². The molecule has 0 aliphatic heterocycles. The predicted octanol–water partition coefficient (Wildman–Crippen LogP) is 3.29. The molecule has 0 aromatic heterocycles. The van der Waals surface area contributed by atoms with Crippen LogP contribution in [0.3, 0.4) is 0 Å². The first-order chi connectivity index (χ1) is 9.85. The van der Waals surface area contributed by atoms with Crippen molar-refractivity contribution in [3.63, 3.8) is 0 Å². The van der Waals surface area contributed by atoms with Gasteiger partial charge in [-0.3, -0.25) is 4.72 Å². The van der Waals surface area contributed by atoms with Gasteiger partial charge in [0.25, 0.3) is 10.0 Å². The molecule has 0 fully saturated rings. The van der Waals surface area contributed by atoms with Crippen molar-refractivity contribution in [1.29, 1.82) is 5.26 Å². The van der Waals surface area contributed by atoms with E-state index in [0.29, 0.717) is 0 Å². The summed E-state index contributed by atoms with van der Waals surface area (Å²) in [7, 11) is -4.31. The molecule has 0 atom stereocenters. The number of rotatable bonds is 3. The topological polar surface area (TPSA) is 70.0 Å². The first kappa shape index (κ1) is 15.2. The Labute approximate surface area is 124 Å². The van der Waals surface area contributed by atoms with Crippen LogP contribution < -0.4 is 4.72 Å². The zero-order valence-corrected chi connectivity index (χ0v) is 11.8. The Balaban J connectivity index is 2.49. The zero-order valence-electron chi connectivity index (χ0n) is 10.3. The summed E-state index contributed by atoms with van der Waals surface area (Å²) in [5.41, 5.74) is -0.994. The molecule has 0 amide bonds. The number of sulfonamides is 1. The van der Waals surface area contributed by atoms with Crippen molar-refractivity contribution in [3.05, 3.63) is 58.6 Å². The Hall–Kier alpha value is -2.17. The third-order valence-electron chi connectivity index (χ3n) is 2.55. The minimum atomic E-state index is -4.31. The summed E-state index contributed by atoms with van der Waals surface area (Å²) >= 11 is 5.56. The maximum absolute atomic E-state index is 13.6. The van der Waals surface area contributed by atoms with Crippen molar-refractivity contribution in [1.82, 2.24) is 0 Å². The van der Waals surface area contributed by atoms with E-state index in [4.69, 9.17) is 16.9 Å². The SMILES string of the molecule is N#Cc1c(F)cccc1S(=O)(=O)Nc1ccc(Cl)cc1F. The summed E-state index contributed by atoms with van der Waals surface area (Å²) in [6.07, 6.45) is 0. The smallest absolute Gasteiger partial charge is 0.263 e. The van der Waals surface area contributed by atoms with E-state index in [9.17, 15) is 17.2 Å². The molecule has 2 rings (SSSR count). The highest BCUT2D eigenvalue weighted by atomic mass is 35.5. The number of hydrogen-bond acceptors (Lipinski definition) is 3. The summed E-state index contributed by atoms with van der Waals surface area (Å²) in [4.78, 5) is -0.570. The van der Waals surface area contributed by atoms with Gasteiger partial charge in [0, 0.05) is 5.02 Å². The van der Waals surface area contributed by atoms with Crippen LogP contribution in [-0.2, 0) is 10.0 Å². The van der Waals surface area contributed by atoms with E-state index in [0.717, 1.165) is 30.3 Å². The number of nitrogens with zero attached hydrogens (tertiary/aromatic N) is 1. The van der Waals surface area contributed by atoms with E-state index >= 15 is 0 Å². The fourth-order valence-electron chi connectivity index (χ4n) is 1.61. The van der Waals surface area contributed by atoms with Crippen molar-refractivity contribution < 1.29 is 17.2 Å². The van der Waals surface area contributed by atoms with Crippen LogP contribution in [0.2, 0.25) is 5.02 Å². The number of nitriles is 1. The summed E-state index contributed by atoms with van der Waals surface area (Å²) < 4.78 is 53.3. The molecule has 2 aromatic rings. The monoisotopic (exact) mass is 328 g/mol. The number of benzene rings is 2.